The molecule has 0 amide bonds. The van der Waals surface area contributed by atoms with Crippen molar-refractivity contribution >= 4 is 11.4 Å². The second kappa shape index (κ2) is 8.92. The van der Waals surface area contributed by atoms with E-state index in [1.165, 1.54) is 0 Å². The summed E-state index contributed by atoms with van der Waals surface area (Å²) in [6.07, 6.45) is 0. The van der Waals surface area contributed by atoms with Crippen LogP contribution >= 0.6 is 0 Å². The molecule has 1 unspecified atom stereocenters. The summed E-state index contributed by atoms with van der Waals surface area (Å²) in [5, 5.41) is 16.4. The lowest BCUT2D eigenvalue weighted by Crippen LogP contribution is -2.39. The van der Waals surface area contributed by atoms with Crippen LogP contribution in [0.1, 0.15) is 36.6 Å². The van der Waals surface area contributed by atoms with Crippen LogP contribution in [0, 0.1) is 0 Å². The molecule has 0 aliphatic carbocycles. The second-order valence-corrected chi connectivity index (χ2v) is 8.47. The Labute approximate surface area is 192 Å². The van der Waals surface area contributed by atoms with Gasteiger partial charge in [-0.05, 0) is 54.8 Å². The van der Waals surface area contributed by atoms with Gasteiger partial charge in [0.25, 0.3) is 10.9 Å². The Morgan fingerprint density at radius 3 is 2.18 bits per heavy atom. The zero-order valence-electron chi connectivity index (χ0n) is 18.8. The van der Waals surface area contributed by atoms with Crippen LogP contribution in [0.4, 0.5) is 11.4 Å². The predicted molar refractivity (Wildman–Crippen MR) is 130 cm³/mol. The number of benzene rings is 3. The zero-order valence-corrected chi connectivity index (χ0v) is 18.8. The largest absolute Gasteiger partial charge is 0.502 e. The maximum absolute atomic E-state index is 11.8. The zero-order chi connectivity index (χ0) is 23.6. The summed E-state index contributed by atoms with van der Waals surface area (Å²) in [6.45, 7) is 4.25. The predicted octanol–water partition coefficient (Wildman–Crippen LogP) is 4.35. The van der Waals surface area contributed by atoms with Crippen LogP contribution in [-0.2, 0) is 5.54 Å². The summed E-state index contributed by atoms with van der Waals surface area (Å²) < 4.78 is 5.32. The van der Waals surface area contributed by atoms with E-state index in [4.69, 9.17) is 4.74 Å². The van der Waals surface area contributed by atoms with Gasteiger partial charge in [0.15, 0.2) is 5.75 Å². The highest BCUT2D eigenvalue weighted by molar-refractivity contribution is 5.69. The quantitative estimate of drug-likeness (QED) is 0.352. The van der Waals surface area contributed by atoms with Gasteiger partial charge in [-0.25, -0.2) is 0 Å². The lowest BCUT2D eigenvalue weighted by Gasteiger charge is -2.33. The first-order chi connectivity index (χ1) is 15.8. The van der Waals surface area contributed by atoms with Crippen molar-refractivity contribution in [1.29, 1.82) is 0 Å². The summed E-state index contributed by atoms with van der Waals surface area (Å²) in [7, 11) is 1.63. The van der Waals surface area contributed by atoms with Crippen LogP contribution in [0.2, 0.25) is 0 Å². The molecule has 0 aliphatic rings. The Hall–Kier alpha value is -3.90. The van der Waals surface area contributed by atoms with Crippen LogP contribution in [-0.4, -0.2) is 12.2 Å². The summed E-state index contributed by atoms with van der Waals surface area (Å²) in [4.78, 5) is 23.1. The molecule has 0 heterocycles. The molecule has 0 bridgehead atoms. The Balaban J connectivity index is 1.71. The van der Waals surface area contributed by atoms with E-state index in [0.717, 1.165) is 22.4 Å². The van der Waals surface area contributed by atoms with E-state index in [2.05, 4.69) is 36.6 Å². The van der Waals surface area contributed by atoms with Crippen LogP contribution < -0.4 is 26.2 Å². The van der Waals surface area contributed by atoms with E-state index in [1.54, 1.807) is 13.2 Å². The Kier molecular flexibility index (Phi) is 6.03. The molecule has 6 heteroatoms. The van der Waals surface area contributed by atoms with Crippen molar-refractivity contribution < 1.29 is 9.84 Å². The normalized spacial score (nSPS) is 12.5. The highest BCUT2D eigenvalue weighted by Crippen LogP contribution is 2.32. The topological polar surface area (TPSA) is 87.7 Å². The number of hydrogen-bond donors (Lipinski definition) is 3. The third-order valence-electron chi connectivity index (χ3n) is 5.82. The molecule has 0 radical (unpaired) electrons. The van der Waals surface area contributed by atoms with Gasteiger partial charge in [-0.1, -0.05) is 54.6 Å². The first-order valence-corrected chi connectivity index (χ1v) is 10.7. The fourth-order valence-electron chi connectivity index (χ4n) is 3.89. The lowest BCUT2D eigenvalue weighted by atomic mass is 9.89. The monoisotopic (exact) mass is 442 g/mol. The highest BCUT2D eigenvalue weighted by atomic mass is 16.5. The van der Waals surface area contributed by atoms with Gasteiger partial charge >= 0.3 is 0 Å². The summed E-state index contributed by atoms with van der Waals surface area (Å²) in [6, 6.07) is 25.4. The van der Waals surface area contributed by atoms with E-state index < -0.39 is 16.6 Å². The standard InChI is InChI=1S/C27H26N2O4/c1-27(2,19-9-5-4-6-10-19)29-22(17-12-14-21(33-3)15-13-17)18-8-7-11-20(16-18)28-23-24(30)26(32)25(23)31/h4-16,22,28-30H,1-3H3. The highest BCUT2D eigenvalue weighted by Gasteiger charge is 2.27. The molecule has 1 atom stereocenters. The maximum Gasteiger partial charge on any atom is 0.271 e. The molecule has 0 saturated heterocycles. The van der Waals surface area contributed by atoms with Crippen LogP contribution in [0.5, 0.6) is 11.5 Å². The van der Waals surface area contributed by atoms with Crippen molar-refractivity contribution in [3.63, 3.8) is 0 Å². The Morgan fingerprint density at radius 1 is 0.848 bits per heavy atom. The molecule has 6 nitrogen and oxygen atoms in total. The maximum atomic E-state index is 11.8. The van der Waals surface area contributed by atoms with E-state index in [-0.39, 0.29) is 17.3 Å². The van der Waals surface area contributed by atoms with Crippen molar-refractivity contribution in [3.05, 3.63) is 116 Å². The van der Waals surface area contributed by atoms with E-state index >= 15 is 0 Å². The number of rotatable bonds is 8. The van der Waals surface area contributed by atoms with Crippen molar-refractivity contribution in [2.45, 2.75) is 25.4 Å². The van der Waals surface area contributed by atoms with Gasteiger partial charge in [-0.2, -0.15) is 0 Å². The van der Waals surface area contributed by atoms with Gasteiger partial charge in [0.05, 0.1) is 13.2 Å². The van der Waals surface area contributed by atoms with Gasteiger partial charge in [0.1, 0.15) is 11.4 Å². The van der Waals surface area contributed by atoms with Crippen molar-refractivity contribution in [2.75, 3.05) is 12.4 Å². The molecule has 0 saturated carbocycles. The minimum Gasteiger partial charge on any atom is -0.502 e. The minimum atomic E-state index is -0.865. The van der Waals surface area contributed by atoms with Crippen LogP contribution in [0.15, 0.2) is 88.5 Å². The van der Waals surface area contributed by atoms with E-state index in [0.29, 0.717) is 5.69 Å². The molecular formula is C27H26N2O4. The fraction of sp³-hybridized carbons (Fsp3) is 0.185. The smallest absolute Gasteiger partial charge is 0.271 e. The van der Waals surface area contributed by atoms with Gasteiger partial charge in [-0.15, -0.1) is 0 Å². The van der Waals surface area contributed by atoms with Crippen LogP contribution in [0.25, 0.3) is 0 Å². The molecule has 0 fully saturated rings. The third-order valence-corrected chi connectivity index (χ3v) is 5.82. The summed E-state index contributed by atoms with van der Waals surface area (Å²) in [5.74, 6) is 0.242. The lowest BCUT2D eigenvalue weighted by molar-refractivity contribution is 0.369. The van der Waals surface area contributed by atoms with Gasteiger partial charge < -0.3 is 15.2 Å². The molecule has 4 rings (SSSR count). The Morgan fingerprint density at radius 2 is 1.55 bits per heavy atom. The summed E-state index contributed by atoms with van der Waals surface area (Å²) in [5.41, 5.74) is 1.73. The molecular weight excluding hydrogens is 416 g/mol. The van der Waals surface area contributed by atoms with Crippen molar-refractivity contribution in [3.8, 4) is 11.5 Å². The summed E-state index contributed by atoms with van der Waals surface area (Å²) >= 11 is 0. The van der Waals surface area contributed by atoms with E-state index in [1.807, 2.05) is 60.7 Å². The number of aromatic hydroxyl groups is 1. The second-order valence-electron chi connectivity index (χ2n) is 8.47. The van der Waals surface area contributed by atoms with Gasteiger partial charge in [-0.3, -0.25) is 14.9 Å². The molecule has 0 aliphatic heterocycles. The van der Waals surface area contributed by atoms with Crippen molar-refractivity contribution in [1.82, 2.24) is 5.32 Å². The Bertz CT molecular complexity index is 1320. The third kappa shape index (κ3) is 4.52. The molecule has 0 spiro atoms. The number of nitrogens with one attached hydrogen (secondary N) is 2. The average molecular weight is 443 g/mol. The van der Waals surface area contributed by atoms with Crippen LogP contribution in [0.3, 0.4) is 0 Å². The molecule has 4 aromatic carbocycles. The molecule has 168 valence electrons. The molecule has 4 aromatic rings. The molecule has 3 N–H and O–H groups in total. The van der Waals surface area contributed by atoms with E-state index in [9.17, 15) is 14.7 Å². The number of hydrogen-bond acceptors (Lipinski definition) is 6. The molecule has 0 aromatic heterocycles. The van der Waals surface area contributed by atoms with Crippen molar-refractivity contribution in [2.24, 2.45) is 0 Å². The average Bonchev–Trinajstić information content (AvgIpc) is 2.86. The SMILES string of the molecule is COc1ccc(C(NC(C)(C)c2ccccc2)c2cccc(Nc3c(O)c(=O)c3=O)c2)cc1. The van der Waals surface area contributed by atoms with Gasteiger partial charge in [0.2, 0.25) is 0 Å². The minimum absolute atomic E-state index is 0.0734. The number of methoxy groups -OCH3 is 1. The molecule has 33 heavy (non-hydrogen) atoms. The number of anilines is 2. The first-order valence-electron chi connectivity index (χ1n) is 10.7. The van der Waals surface area contributed by atoms with Gasteiger partial charge in [0, 0.05) is 11.2 Å². The first kappa shape index (κ1) is 22.3. The number of ether oxygens (including phenoxy) is 1. The fourth-order valence-corrected chi connectivity index (χ4v) is 3.89.